The molecular formula is C18H17N5O5S. The minimum atomic E-state index is -3.98. The highest BCUT2D eigenvalue weighted by molar-refractivity contribution is 7.89. The Bertz CT molecular complexity index is 1070. The zero-order chi connectivity index (χ0) is 20.9. The van der Waals surface area contributed by atoms with Crippen LogP contribution in [0, 0.1) is 21.4 Å². The molecule has 1 fully saturated rings. The molecule has 2 aromatic rings. The fourth-order valence-corrected chi connectivity index (χ4v) is 4.25. The van der Waals surface area contributed by atoms with Crippen LogP contribution in [0.3, 0.4) is 0 Å². The Hall–Kier alpha value is -3.33. The Kier molecular flexibility index (Phi) is 6.18. The van der Waals surface area contributed by atoms with Gasteiger partial charge in [0.2, 0.25) is 10.0 Å². The van der Waals surface area contributed by atoms with Gasteiger partial charge in [-0.05, 0) is 23.8 Å². The van der Waals surface area contributed by atoms with Crippen LogP contribution in [0.5, 0.6) is 0 Å². The van der Waals surface area contributed by atoms with Crippen LogP contribution in [0.25, 0.3) is 0 Å². The smallest absolute Gasteiger partial charge is 0.270 e. The standard InChI is InChI=1S/C18H17N5O5S/c19-12-14-1-3-15(4-2-14)13-20-21-17-6-5-16(23(24)25)11-18(17)29(26,27)22-7-9-28-10-8-22/h1-6,11,13,21H,7-10H2/b20-13-. The van der Waals surface area contributed by atoms with E-state index in [-0.39, 0.29) is 42.6 Å². The summed E-state index contributed by atoms with van der Waals surface area (Å²) in [5, 5.41) is 24.0. The number of hydrogen-bond acceptors (Lipinski definition) is 8. The van der Waals surface area contributed by atoms with Gasteiger partial charge in [0, 0.05) is 25.2 Å². The SMILES string of the molecule is N#Cc1ccc(/C=N\Nc2ccc([N+](=O)[O-])cc2S(=O)(=O)N2CCOCC2)cc1. The van der Waals surface area contributed by atoms with Crippen molar-refractivity contribution in [3.8, 4) is 6.07 Å². The Balaban J connectivity index is 1.90. The molecule has 1 aliphatic heterocycles. The highest BCUT2D eigenvalue weighted by Gasteiger charge is 2.30. The molecule has 0 aromatic heterocycles. The number of nitro groups is 1. The van der Waals surface area contributed by atoms with Crippen molar-refractivity contribution < 1.29 is 18.1 Å². The lowest BCUT2D eigenvalue weighted by atomic mass is 10.2. The third kappa shape index (κ3) is 4.75. The molecule has 1 saturated heterocycles. The van der Waals surface area contributed by atoms with Crippen molar-refractivity contribution in [1.82, 2.24) is 4.31 Å². The van der Waals surface area contributed by atoms with E-state index in [1.807, 2.05) is 6.07 Å². The summed E-state index contributed by atoms with van der Waals surface area (Å²) in [7, 11) is -3.98. The van der Waals surface area contributed by atoms with Crippen molar-refractivity contribution in [2.24, 2.45) is 5.10 Å². The summed E-state index contributed by atoms with van der Waals surface area (Å²) < 4.78 is 32.4. The number of non-ortho nitro benzene ring substituents is 1. The number of anilines is 1. The molecule has 0 spiro atoms. The third-order valence-electron chi connectivity index (χ3n) is 4.20. The molecule has 0 unspecified atom stereocenters. The number of morpholine rings is 1. The first kappa shape index (κ1) is 20.4. The Morgan fingerprint density at radius 1 is 1.21 bits per heavy atom. The number of nitrogens with zero attached hydrogens (tertiary/aromatic N) is 4. The fraction of sp³-hybridized carbons (Fsp3) is 0.222. The van der Waals surface area contributed by atoms with E-state index in [1.165, 1.54) is 22.7 Å². The molecule has 150 valence electrons. The van der Waals surface area contributed by atoms with Crippen molar-refractivity contribution in [2.75, 3.05) is 31.7 Å². The average molecular weight is 415 g/mol. The molecule has 1 aliphatic rings. The van der Waals surface area contributed by atoms with Crippen molar-refractivity contribution in [2.45, 2.75) is 4.90 Å². The summed E-state index contributed by atoms with van der Waals surface area (Å²) in [5.41, 5.74) is 3.62. The fourth-order valence-electron chi connectivity index (χ4n) is 2.68. The quantitative estimate of drug-likeness (QED) is 0.432. The number of ether oxygens (including phenoxy) is 1. The van der Waals surface area contributed by atoms with Gasteiger partial charge in [-0.25, -0.2) is 8.42 Å². The van der Waals surface area contributed by atoms with E-state index < -0.39 is 14.9 Å². The molecule has 1 heterocycles. The van der Waals surface area contributed by atoms with Gasteiger partial charge in [0.1, 0.15) is 4.90 Å². The second-order valence-corrected chi connectivity index (χ2v) is 7.96. The number of hydrogen-bond donors (Lipinski definition) is 1. The van der Waals surface area contributed by atoms with E-state index in [2.05, 4.69) is 10.5 Å². The first-order chi connectivity index (χ1) is 13.9. The van der Waals surface area contributed by atoms with E-state index in [9.17, 15) is 18.5 Å². The summed E-state index contributed by atoms with van der Waals surface area (Å²) in [6.45, 7) is 0.847. The minimum Gasteiger partial charge on any atom is -0.379 e. The van der Waals surface area contributed by atoms with Crippen LogP contribution >= 0.6 is 0 Å². The van der Waals surface area contributed by atoms with Gasteiger partial charge in [-0.3, -0.25) is 15.5 Å². The van der Waals surface area contributed by atoms with Gasteiger partial charge >= 0.3 is 0 Å². The van der Waals surface area contributed by atoms with Crippen molar-refractivity contribution in [3.63, 3.8) is 0 Å². The van der Waals surface area contributed by atoms with Crippen molar-refractivity contribution in [1.29, 1.82) is 5.26 Å². The van der Waals surface area contributed by atoms with Gasteiger partial charge in [0.05, 0.1) is 41.7 Å². The number of hydrazone groups is 1. The lowest BCUT2D eigenvalue weighted by Crippen LogP contribution is -2.40. The van der Waals surface area contributed by atoms with Gasteiger partial charge < -0.3 is 4.74 Å². The molecule has 0 bridgehead atoms. The number of benzene rings is 2. The number of rotatable bonds is 6. The Morgan fingerprint density at radius 3 is 2.52 bits per heavy atom. The molecule has 0 amide bonds. The largest absolute Gasteiger partial charge is 0.379 e. The van der Waals surface area contributed by atoms with E-state index in [1.54, 1.807) is 24.3 Å². The molecule has 3 rings (SSSR count). The minimum absolute atomic E-state index is 0.118. The van der Waals surface area contributed by atoms with E-state index in [4.69, 9.17) is 10.00 Å². The Labute approximate surface area is 167 Å². The van der Waals surface area contributed by atoms with Gasteiger partial charge in [-0.15, -0.1) is 0 Å². The molecule has 0 aliphatic carbocycles. The maximum Gasteiger partial charge on any atom is 0.270 e. The van der Waals surface area contributed by atoms with Crippen LogP contribution in [0.1, 0.15) is 11.1 Å². The zero-order valence-corrected chi connectivity index (χ0v) is 16.0. The molecule has 0 saturated carbocycles. The van der Waals surface area contributed by atoms with E-state index in [0.29, 0.717) is 11.1 Å². The molecule has 10 nitrogen and oxygen atoms in total. The number of nitro benzene ring substituents is 1. The van der Waals surface area contributed by atoms with Crippen molar-refractivity contribution in [3.05, 3.63) is 63.7 Å². The topological polar surface area (TPSA) is 138 Å². The molecule has 2 aromatic carbocycles. The second-order valence-electron chi connectivity index (χ2n) is 6.06. The summed E-state index contributed by atoms with van der Waals surface area (Å²) >= 11 is 0. The average Bonchev–Trinajstić information content (AvgIpc) is 2.75. The normalized spacial score (nSPS) is 15.1. The molecule has 29 heavy (non-hydrogen) atoms. The molecule has 0 atom stereocenters. The first-order valence-electron chi connectivity index (χ1n) is 8.57. The van der Waals surface area contributed by atoms with Crippen LogP contribution in [0.4, 0.5) is 11.4 Å². The first-order valence-corrected chi connectivity index (χ1v) is 10.0. The molecule has 0 radical (unpaired) electrons. The van der Waals surface area contributed by atoms with E-state index in [0.717, 1.165) is 6.07 Å². The lowest BCUT2D eigenvalue weighted by Gasteiger charge is -2.26. The van der Waals surface area contributed by atoms with Gasteiger partial charge in [-0.2, -0.15) is 14.7 Å². The number of sulfonamides is 1. The third-order valence-corrected chi connectivity index (χ3v) is 6.14. The van der Waals surface area contributed by atoms with Crippen LogP contribution < -0.4 is 5.43 Å². The maximum absolute atomic E-state index is 13.0. The predicted octanol–water partition coefficient (Wildman–Crippen LogP) is 1.93. The number of nitrogens with one attached hydrogen (secondary N) is 1. The van der Waals surface area contributed by atoms with Crippen molar-refractivity contribution >= 4 is 27.6 Å². The maximum atomic E-state index is 13.0. The summed E-state index contributed by atoms with van der Waals surface area (Å²) in [6, 6.07) is 12.2. The monoisotopic (exact) mass is 415 g/mol. The molecule has 1 N–H and O–H groups in total. The predicted molar refractivity (Wildman–Crippen MR) is 105 cm³/mol. The Morgan fingerprint density at radius 2 is 1.90 bits per heavy atom. The van der Waals surface area contributed by atoms with Gasteiger partial charge in [-0.1, -0.05) is 12.1 Å². The van der Waals surface area contributed by atoms with Gasteiger partial charge in [0.25, 0.3) is 5.69 Å². The molecule has 11 heteroatoms. The van der Waals surface area contributed by atoms with Crippen LogP contribution in [-0.2, 0) is 14.8 Å². The van der Waals surface area contributed by atoms with Crippen LogP contribution in [-0.4, -0.2) is 50.2 Å². The highest BCUT2D eigenvalue weighted by atomic mass is 32.2. The summed E-state index contributed by atoms with van der Waals surface area (Å²) in [5.74, 6) is 0. The van der Waals surface area contributed by atoms with Crippen LogP contribution in [0.2, 0.25) is 0 Å². The van der Waals surface area contributed by atoms with Gasteiger partial charge in [0.15, 0.2) is 0 Å². The second kappa shape index (κ2) is 8.78. The number of nitriles is 1. The summed E-state index contributed by atoms with van der Waals surface area (Å²) in [6.07, 6.45) is 1.45. The molecular weight excluding hydrogens is 398 g/mol. The van der Waals surface area contributed by atoms with Crippen LogP contribution in [0.15, 0.2) is 52.5 Å². The van der Waals surface area contributed by atoms with E-state index >= 15 is 0 Å². The highest BCUT2D eigenvalue weighted by Crippen LogP contribution is 2.29. The summed E-state index contributed by atoms with van der Waals surface area (Å²) in [4.78, 5) is 10.2. The zero-order valence-electron chi connectivity index (χ0n) is 15.2. The lowest BCUT2D eigenvalue weighted by molar-refractivity contribution is -0.385.